The minimum Gasteiger partial charge on any atom is -0.497 e. The van der Waals surface area contributed by atoms with Gasteiger partial charge in [-0.3, -0.25) is 9.69 Å². The minimum atomic E-state index is -0.960. The SMILES string of the molecule is COc1cccc(C2CN(C(C(=O)O)c3ccc(F)cc3)CCO2)c1. The number of aliphatic carboxylic acids is 1. The Morgan fingerprint density at radius 2 is 2.08 bits per heavy atom. The number of halogens is 1. The number of methoxy groups -OCH3 is 1. The van der Waals surface area contributed by atoms with Gasteiger partial charge >= 0.3 is 5.97 Å². The third-order valence-electron chi connectivity index (χ3n) is 4.35. The van der Waals surface area contributed by atoms with Crippen LogP contribution in [-0.4, -0.2) is 42.8 Å². The molecule has 25 heavy (non-hydrogen) atoms. The predicted octanol–water partition coefficient (Wildman–Crippen LogP) is 3.03. The molecular weight excluding hydrogens is 325 g/mol. The van der Waals surface area contributed by atoms with E-state index in [9.17, 15) is 14.3 Å². The lowest BCUT2D eigenvalue weighted by molar-refractivity contribution is -0.147. The van der Waals surface area contributed by atoms with Gasteiger partial charge in [-0.1, -0.05) is 24.3 Å². The molecule has 2 aromatic carbocycles. The Hall–Kier alpha value is -2.44. The van der Waals surface area contributed by atoms with Crippen molar-refractivity contribution in [3.8, 4) is 5.75 Å². The summed E-state index contributed by atoms with van der Waals surface area (Å²) in [7, 11) is 1.60. The van der Waals surface area contributed by atoms with Crippen molar-refractivity contribution < 1.29 is 23.8 Å². The van der Waals surface area contributed by atoms with Crippen LogP contribution in [0.4, 0.5) is 4.39 Å². The van der Waals surface area contributed by atoms with E-state index < -0.39 is 12.0 Å². The molecule has 0 aromatic heterocycles. The van der Waals surface area contributed by atoms with E-state index in [4.69, 9.17) is 9.47 Å². The first-order valence-electron chi connectivity index (χ1n) is 8.06. The van der Waals surface area contributed by atoms with Gasteiger partial charge in [0.25, 0.3) is 0 Å². The molecule has 0 aliphatic carbocycles. The normalized spacial score (nSPS) is 19.4. The summed E-state index contributed by atoms with van der Waals surface area (Å²) >= 11 is 0. The Morgan fingerprint density at radius 3 is 2.76 bits per heavy atom. The fourth-order valence-electron chi connectivity index (χ4n) is 3.10. The zero-order valence-electron chi connectivity index (χ0n) is 13.9. The molecule has 5 nitrogen and oxygen atoms in total. The Kier molecular flexibility index (Phi) is 5.31. The Labute approximate surface area is 145 Å². The smallest absolute Gasteiger partial charge is 0.325 e. The highest BCUT2D eigenvalue weighted by Gasteiger charge is 2.32. The molecule has 0 radical (unpaired) electrons. The second-order valence-electron chi connectivity index (χ2n) is 5.92. The number of benzene rings is 2. The van der Waals surface area contributed by atoms with Crippen LogP contribution < -0.4 is 4.74 Å². The summed E-state index contributed by atoms with van der Waals surface area (Å²) in [6.45, 7) is 1.35. The van der Waals surface area contributed by atoms with Crippen molar-refractivity contribution >= 4 is 5.97 Å². The van der Waals surface area contributed by atoms with E-state index >= 15 is 0 Å². The zero-order chi connectivity index (χ0) is 17.8. The van der Waals surface area contributed by atoms with Gasteiger partial charge in [-0.05, 0) is 35.4 Å². The van der Waals surface area contributed by atoms with Crippen LogP contribution in [-0.2, 0) is 9.53 Å². The monoisotopic (exact) mass is 345 g/mol. The van der Waals surface area contributed by atoms with Crippen molar-refractivity contribution in [2.75, 3.05) is 26.8 Å². The molecule has 2 unspecified atom stereocenters. The molecule has 1 aliphatic heterocycles. The van der Waals surface area contributed by atoms with Crippen molar-refractivity contribution in [1.29, 1.82) is 0 Å². The van der Waals surface area contributed by atoms with E-state index in [1.54, 1.807) is 7.11 Å². The molecule has 2 atom stereocenters. The molecule has 0 spiro atoms. The first-order valence-corrected chi connectivity index (χ1v) is 8.06. The number of rotatable bonds is 5. The molecule has 0 bridgehead atoms. The standard InChI is InChI=1S/C19H20FNO4/c1-24-16-4-2-3-14(11-16)17-12-21(9-10-25-17)18(19(22)23)13-5-7-15(20)8-6-13/h2-8,11,17-18H,9-10,12H2,1H3,(H,22,23). The second-order valence-corrected chi connectivity index (χ2v) is 5.92. The predicted molar refractivity (Wildman–Crippen MR) is 90.0 cm³/mol. The summed E-state index contributed by atoms with van der Waals surface area (Å²) in [5.41, 5.74) is 1.49. The number of hydrogen-bond acceptors (Lipinski definition) is 4. The lowest BCUT2D eigenvalue weighted by Gasteiger charge is -2.36. The summed E-state index contributed by atoms with van der Waals surface area (Å²) in [4.78, 5) is 13.7. The van der Waals surface area contributed by atoms with Crippen molar-refractivity contribution in [3.05, 3.63) is 65.5 Å². The number of morpholine rings is 1. The van der Waals surface area contributed by atoms with Gasteiger partial charge in [0.15, 0.2) is 0 Å². The number of nitrogens with zero attached hydrogens (tertiary/aromatic N) is 1. The number of ether oxygens (including phenoxy) is 2. The van der Waals surface area contributed by atoms with Gasteiger partial charge < -0.3 is 14.6 Å². The first-order chi connectivity index (χ1) is 12.1. The van der Waals surface area contributed by atoms with E-state index in [1.165, 1.54) is 24.3 Å². The van der Waals surface area contributed by atoms with Gasteiger partial charge in [0.2, 0.25) is 0 Å². The zero-order valence-corrected chi connectivity index (χ0v) is 13.9. The molecule has 0 amide bonds. The van der Waals surface area contributed by atoms with Crippen LogP contribution in [0, 0.1) is 5.82 Å². The van der Waals surface area contributed by atoms with Gasteiger partial charge in [-0.15, -0.1) is 0 Å². The summed E-state index contributed by atoms with van der Waals surface area (Å²) in [6.07, 6.45) is -0.244. The molecule has 2 aromatic rings. The molecule has 1 saturated heterocycles. The molecule has 1 N–H and O–H groups in total. The third kappa shape index (κ3) is 3.97. The molecule has 3 rings (SSSR count). The quantitative estimate of drug-likeness (QED) is 0.903. The number of hydrogen-bond donors (Lipinski definition) is 1. The fraction of sp³-hybridized carbons (Fsp3) is 0.316. The summed E-state index contributed by atoms with van der Waals surface area (Å²) in [5.74, 6) is -0.617. The van der Waals surface area contributed by atoms with Crippen molar-refractivity contribution in [1.82, 2.24) is 4.90 Å². The van der Waals surface area contributed by atoms with Crippen LogP contribution >= 0.6 is 0 Å². The molecule has 1 heterocycles. The van der Waals surface area contributed by atoms with E-state index in [0.29, 0.717) is 25.3 Å². The van der Waals surface area contributed by atoms with Gasteiger partial charge in [-0.25, -0.2) is 4.39 Å². The van der Waals surface area contributed by atoms with Gasteiger partial charge in [-0.2, -0.15) is 0 Å². The highest BCUT2D eigenvalue weighted by molar-refractivity contribution is 5.75. The lowest BCUT2D eigenvalue weighted by atomic mass is 10.0. The van der Waals surface area contributed by atoms with E-state index in [1.807, 2.05) is 29.2 Å². The summed E-state index contributed by atoms with van der Waals surface area (Å²) in [5, 5.41) is 9.69. The lowest BCUT2D eigenvalue weighted by Crippen LogP contribution is -2.43. The van der Waals surface area contributed by atoms with E-state index in [2.05, 4.69) is 0 Å². The van der Waals surface area contributed by atoms with Crippen molar-refractivity contribution in [3.63, 3.8) is 0 Å². The maximum absolute atomic E-state index is 13.2. The molecule has 1 fully saturated rings. The Bertz CT molecular complexity index is 734. The molecular formula is C19H20FNO4. The van der Waals surface area contributed by atoms with Crippen LogP contribution in [0.2, 0.25) is 0 Å². The maximum Gasteiger partial charge on any atom is 0.325 e. The van der Waals surface area contributed by atoms with Gasteiger partial charge in [0, 0.05) is 13.1 Å². The third-order valence-corrected chi connectivity index (χ3v) is 4.35. The minimum absolute atomic E-state index is 0.244. The first kappa shape index (κ1) is 17.4. The Balaban J connectivity index is 1.82. The topological polar surface area (TPSA) is 59.0 Å². The highest BCUT2D eigenvalue weighted by atomic mass is 19.1. The van der Waals surface area contributed by atoms with Gasteiger partial charge in [0.1, 0.15) is 17.6 Å². The van der Waals surface area contributed by atoms with E-state index in [-0.39, 0.29) is 11.9 Å². The Morgan fingerprint density at radius 1 is 1.32 bits per heavy atom. The summed E-state index contributed by atoms with van der Waals surface area (Å²) in [6, 6.07) is 12.3. The molecule has 132 valence electrons. The van der Waals surface area contributed by atoms with Crippen LogP contribution in [0.5, 0.6) is 5.75 Å². The number of carboxylic acid groups (broad SMARTS) is 1. The summed E-state index contributed by atoms with van der Waals surface area (Å²) < 4.78 is 24.2. The highest BCUT2D eigenvalue weighted by Crippen LogP contribution is 2.30. The van der Waals surface area contributed by atoms with Crippen LogP contribution in [0.25, 0.3) is 0 Å². The van der Waals surface area contributed by atoms with Crippen LogP contribution in [0.15, 0.2) is 48.5 Å². The average molecular weight is 345 g/mol. The van der Waals surface area contributed by atoms with Crippen molar-refractivity contribution in [2.45, 2.75) is 12.1 Å². The molecule has 6 heteroatoms. The fourth-order valence-corrected chi connectivity index (χ4v) is 3.10. The molecule has 1 aliphatic rings. The average Bonchev–Trinajstić information content (AvgIpc) is 2.63. The van der Waals surface area contributed by atoms with Crippen LogP contribution in [0.3, 0.4) is 0 Å². The van der Waals surface area contributed by atoms with Crippen molar-refractivity contribution in [2.24, 2.45) is 0 Å². The maximum atomic E-state index is 13.2. The van der Waals surface area contributed by atoms with Crippen LogP contribution in [0.1, 0.15) is 23.3 Å². The number of carbonyl (C=O) groups is 1. The molecule has 0 saturated carbocycles. The largest absolute Gasteiger partial charge is 0.497 e. The number of carboxylic acids is 1. The second kappa shape index (κ2) is 7.63. The van der Waals surface area contributed by atoms with E-state index in [0.717, 1.165) is 11.3 Å². The van der Waals surface area contributed by atoms with Gasteiger partial charge in [0.05, 0.1) is 19.8 Å².